The molecular weight excluding hydrogens is 336 g/mol. The first-order valence-electron chi connectivity index (χ1n) is 10.1. The van der Waals surface area contributed by atoms with Crippen LogP contribution in [0.1, 0.15) is 44.9 Å². The summed E-state index contributed by atoms with van der Waals surface area (Å²) in [5.74, 6) is 1.91. The molecule has 4 aliphatic rings. The average molecular weight is 369 g/mol. The summed E-state index contributed by atoms with van der Waals surface area (Å²) in [6.45, 7) is 5.30. The molecule has 6 nitrogen and oxygen atoms in total. The summed E-state index contributed by atoms with van der Waals surface area (Å²) in [7, 11) is -2.81. The maximum Gasteiger partial charge on any atom is 0.194 e. The van der Waals surface area contributed by atoms with Crippen molar-refractivity contribution < 1.29 is 8.42 Å². The number of rotatable bonds is 4. The molecule has 3 heterocycles. The SMILES string of the molecule is O=S1(=O)CCC(CN=C(NC2CC2)N2CCC(N3CCCCC3)C2)C1. The topological polar surface area (TPSA) is 65.0 Å². The third-order valence-electron chi connectivity index (χ3n) is 6.11. The predicted molar refractivity (Wildman–Crippen MR) is 101 cm³/mol. The van der Waals surface area contributed by atoms with E-state index >= 15 is 0 Å². The van der Waals surface area contributed by atoms with Crippen molar-refractivity contribution in [3.05, 3.63) is 0 Å². The molecule has 25 heavy (non-hydrogen) atoms. The van der Waals surface area contributed by atoms with Crippen LogP contribution in [-0.4, -0.2) is 80.5 Å². The maximum atomic E-state index is 11.7. The van der Waals surface area contributed by atoms with E-state index in [0.29, 0.717) is 30.1 Å². The van der Waals surface area contributed by atoms with Gasteiger partial charge in [-0.3, -0.25) is 9.89 Å². The van der Waals surface area contributed by atoms with Gasteiger partial charge in [-0.25, -0.2) is 8.42 Å². The molecule has 1 aliphatic carbocycles. The van der Waals surface area contributed by atoms with Crippen LogP contribution in [0.15, 0.2) is 4.99 Å². The normalized spacial score (nSPS) is 33.8. The van der Waals surface area contributed by atoms with Crippen LogP contribution in [0, 0.1) is 5.92 Å². The van der Waals surface area contributed by atoms with E-state index in [-0.39, 0.29) is 5.92 Å². The number of hydrogen-bond acceptors (Lipinski definition) is 4. The highest BCUT2D eigenvalue weighted by Crippen LogP contribution is 2.24. The first kappa shape index (κ1) is 17.6. The van der Waals surface area contributed by atoms with Gasteiger partial charge in [-0.1, -0.05) is 6.42 Å². The maximum absolute atomic E-state index is 11.7. The van der Waals surface area contributed by atoms with E-state index in [0.717, 1.165) is 25.5 Å². The number of guanidine groups is 1. The summed E-state index contributed by atoms with van der Waals surface area (Å²) < 4.78 is 23.3. The van der Waals surface area contributed by atoms with E-state index < -0.39 is 9.84 Å². The Morgan fingerprint density at radius 2 is 1.84 bits per heavy atom. The Bertz CT molecular complexity index is 596. The fourth-order valence-electron chi connectivity index (χ4n) is 4.39. The molecule has 142 valence electrons. The molecule has 4 fully saturated rings. The number of aliphatic imine (C=N–C) groups is 1. The van der Waals surface area contributed by atoms with Gasteiger partial charge in [-0.2, -0.15) is 0 Å². The van der Waals surface area contributed by atoms with Crippen LogP contribution in [-0.2, 0) is 9.84 Å². The molecule has 0 radical (unpaired) electrons. The largest absolute Gasteiger partial charge is 0.354 e. The van der Waals surface area contributed by atoms with Crippen molar-refractivity contribution in [2.45, 2.75) is 57.0 Å². The van der Waals surface area contributed by atoms with E-state index in [1.165, 1.54) is 51.6 Å². The van der Waals surface area contributed by atoms with Crippen molar-refractivity contribution >= 4 is 15.8 Å². The Kier molecular flexibility index (Phi) is 5.23. The molecule has 0 aromatic heterocycles. The molecule has 0 aromatic carbocycles. The van der Waals surface area contributed by atoms with Gasteiger partial charge in [0, 0.05) is 31.7 Å². The van der Waals surface area contributed by atoms with Crippen LogP contribution in [0.5, 0.6) is 0 Å². The minimum absolute atomic E-state index is 0.210. The Labute approximate surface area is 152 Å². The van der Waals surface area contributed by atoms with E-state index in [2.05, 4.69) is 15.1 Å². The van der Waals surface area contributed by atoms with Gasteiger partial charge < -0.3 is 10.2 Å². The van der Waals surface area contributed by atoms with Gasteiger partial charge >= 0.3 is 0 Å². The third-order valence-corrected chi connectivity index (χ3v) is 7.94. The highest BCUT2D eigenvalue weighted by atomic mass is 32.2. The van der Waals surface area contributed by atoms with Gasteiger partial charge in [0.15, 0.2) is 15.8 Å². The molecule has 0 aromatic rings. The molecule has 1 N–H and O–H groups in total. The van der Waals surface area contributed by atoms with E-state index in [4.69, 9.17) is 4.99 Å². The number of likely N-dealkylation sites (tertiary alicyclic amines) is 2. The van der Waals surface area contributed by atoms with Gasteiger partial charge in [0.25, 0.3) is 0 Å². The van der Waals surface area contributed by atoms with Gasteiger partial charge in [-0.15, -0.1) is 0 Å². The summed E-state index contributed by atoms with van der Waals surface area (Å²) in [5, 5.41) is 3.61. The van der Waals surface area contributed by atoms with Gasteiger partial charge in [-0.05, 0) is 57.5 Å². The van der Waals surface area contributed by atoms with Crippen molar-refractivity contribution in [1.29, 1.82) is 0 Å². The Hall–Kier alpha value is -0.820. The standard InChI is InChI=1S/C18H32N4O2S/c23-25(24)11-7-15(14-25)12-19-18(20-16-4-5-16)22-10-6-17(13-22)21-8-2-1-3-9-21/h15-17H,1-14H2,(H,19,20). The highest BCUT2D eigenvalue weighted by molar-refractivity contribution is 7.91. The van der Waals surface area contributed by atoms with E-state index in [1.807, 2.05) is 0 Å². The Morgan fingerprint density at radius 1 is 1.04 bits per heavy atom. The molecule has 0 amide bonds. The van der Waals surface area contributed by atoms with Crippen LogP contribution in [0.25, 0.3) is 0 Å². The molecule has 7 heteroatoms. The number of sulfone groups is 1. The fraction of sp³-hybridized carbons (Fsp3) is 0.944. The van der Waals surface area contributed by atoms with Crippen LogP contribution >= 0.6 is 0 Å². The van der Waals surface area contributed by atoms with Crippen molar-refractivity contribution in [1.82, 2.24) is 15.1 Å². The van der Waals surface area contributed by atoms with Crippen molar-refractivity contribution in [2.24, 2.45) is 10.9 Å². The first-order valence-corrected chi connectivity index (χ1v) is 11.9. The second kappa shape index (κ2) is 7.43. The second-order valence-corrected chi connectivity index (χ2v) is 10.6. The number of nitrogens with zero attached hydrogens (tertiary/aromatic N) is 3. The van der Waals surface area contributed by atoms with Crippen LogP contribution in [0.4, 0.5) is 0 Å². The molecule has 2 unspecified atom stereocenters. The summed E-state index contributed by atoms with van der Waals surface area (Å²) in [6, 6.07) is 1.25. The highest BCUT2D eigenvalue weighted by Gasteiger charge is 2.33. The molecule has 0 bridgehead atoms. The quantitative estimate of drug-likeness (QED) is 0.594. The number of piperidine rings is 1. The summed E-state index contributed by atoms with van der Waals surface area (Å²) in [6.07, 6.45) is 8.54. The fourth-order valence-corrected chi connectivity index (χ4v) is 6.24. The zero-order valence-electron chi connectivity index (χ0n) is 15.2. The van der Waals surface area contributed by atoms with Crippen LogP contribution < -0.4 is 5.32 Å². The third kappa shape index (κ3) is 4.67. The molecule has 4 rings (SSSR count). The summed E-state index contributed by atoms with van der Waals surface area (Å²) in [4.78, 5) is 9.95. The molecule has 3 aliphatic heterocycles. The number of hydrogen-bond donors (Lipinski definition) is 1. The van der Waals surface area contributed by atoms with Crippen molar-refractivity contribution in [3.8, 4) is 0 Å². The van der Waals surface area contributed by atoms with Crippen LogP contribution in [0.3, 0.4) is 0 Å². The Morgan fingerprint density at radius 3 is 2.52 bits per heavy atom. The Balaban J connectivity index is 1.36. The second-order valence-electron chi connectivity index (χ2n) is 8.34. The molecule has 3 saturated heterocycles. The number of nitrogens with one attached hydrogen (secondary N) is 1. The lowest BCUT2D eigenvalue weighted by Gasteiger charge is -2.32. The molecular formula is C18H32N4O2S. The molecule has 0 spiro atoms. The van der Waals surface area contributed by atoms with E-state index in [1.54, 1.807) is 0 Å². The summed E-state index contributed by atoms with van der Waals surface area (Å²) >= 11 is 0. The van der Waals surface area contributed by atoms with Crippen LogP contribution in [0.2, 0.25) is 0 Å². The lowest BCUT2D eigenvalue weighted by molar-refractivity contribution is 0.168. The minimum Gasteiger partial charge on any atom is -0.354 e. The molecule has 2 atom stereocenters. The van der Waals surface area contributed by atoms with Gasteiger partial charge in [0.2, 0.25) is 0 Å². The summed E-state index contributed by atoms with van der Waals surface area (Å²) in [5.41, 5.74) is 0. The lowest BCUT2D eigenvalue weighted by Crippen LogP contribution is -2.45. The lowest BCUT2D eigenvalue weighted by atomic mass is 10.1. The minimum atomic E-state index is -2.81. The smallest absolute Gasteiger partial charge is 0.194 e. The molecule has 1 saturated carbocycles. The van der Waals surface area contributed by atoms with E-state index in [9.17, 15) is 8.42 Å². The zero-order chi connectivity index (χ0) is 17.3. The monoisotopic (exact) mass is 368 g/mol. The van der Waals surface area contributed by atoms with Crippen molar-refractivity contribution in [3.63, 3.8) is 0 Å². The zero-order valence-corrected chi connectivity index (χ0v) is 16.0. The predicted octanol–water partition coefficient (Wildman–Crippen LogP) is 1.09. The van der Waals surface area contributed by atoms with Gasteiger partial charge in [0.1, 0.15) is 0 Å². The van der Waals surface area contributed by atoms with Gasteiger partial charge in [0.05, 0.1) is 11.5 Å². The first-order chi connectivity index (χ1) is 12.1. The average Bonchev–Trinajstić information content (AvgIpc) is 3.16. The van der Waals surface area contributed by atoms with Crippen molar-refractivity contribution in [2.75, 3.05) is 44.2 Å².